The second kappa shape index (κ2) is 6.48. The minimum atomic E-state index is -2.78. The van der Waals surface area contributed by atoms with Gasteiger partial charge in [-0.2, -0.15) is 4.98 Å². The van der Waals surface area contributed by atoms with Crippen LogP contribution in [0, 0.1) is 5.92 Å². The van der Waals surface area contributed by atoms with Gasteiger partial charge in [0, 0.05) is 30.3 Å². The van der Waals surface area contributed by atoms with Crippen molar-refractivity contribution in [1.29, 1.82) is 0 Å². The molecule has 2 heterocycles. The molecule has 1 aliphatic rings. The number of benzene rings is 1. The van der Waals surface area contributed by atoms with E-state index < -0.39 is 11.8 Å². The Labute approximate surface area is 149 Å². The average Bonchev–Trinajstić information content (AvgIpc) is 3.10. The zero-order chi connectivity index (χ0) is 18.1. The Morgan fingerprint density at radius 3 is 2.58 bits per heavy atom. The minimum absolute atomic E-state index is 0.0374. The lowest BCUT2D eigenvalue weighted by Crippen LogP contribution is -2.31. The summed E-state index contributed by atoms with van der Waals surface area (Å²) >= 11 is 0. The quantitative estimate of drug-likeness (QED) is 0.716. The van der Waals surface area contributed by atoms with E-state index in [0.29, 0.717) is 35.6 Å². The van der Waals surface area contributed by atoms with Gasteiger partial charge in [0.2, 0.25) is 5.82 Å². The van der Waals surface area contributed by atoms with Crippen molar-refractivity contribution in [2.45, 2.75) is 25.2 Å². The van der Waals surface area contributed by atoms with Gasteiger partial charge in [-0.15, -0.1) is 0 Å². The summed E-state index contributed by atoms with van der Waals surface area (Å²) in [4.78, 5) is 8.58. The fourth-order valence-corrected chi connectivity index (χ4v) is 3.08. The maximum atomic E-state index is 14.4. The molecule has 4 rings (SSSR count). The van der Waals surface area contributed by atoms with Crippen molar-refractivity contribution in [1.82, 2.24) is 15.1 Å². The second-order valence-electron chi connectivity index (χ2n) is 6.40. The van der Waals surface area contributed by atoms with E-state index in [1.54, 1.807) is 31.4 Å². The van der Waals surface area contributed by atoms with E-state index in [2.05, 4.69) is 20.4 Å². The van der Waals surface area contributed by atoms with Crippen LogP contribution in [0.5, 0.6) is 0 Å². The number of hydrogen-bond donors (Lipinski definition) is 1. The van der Waals surface area contributed by atoms with Gasteiger partial charge < -0.3 is 9.84 Å². The van der Waals surface area contributed by atoms with E-state index in [9.17, 15) is 8.78 Å². The Morgan fingerprint density at radius 2 is 1.92 bits per heavy atom. The summed E-state index contributed by atoms with van der Waals surface area (Å²) in [5.41, 5.74) is 1.35. The predicted molar refractivity (Wildman–Crippen MR) is 93.7 cm³/mol. The molecule has 7 heteroatoms. The standard InChI is InChI=1S/C19H18F2N4O/c1-22-16-15(6-3-11-23-16)17-24-18(26-25-17)12-7-9-14(10-8-12)19(20,21)13-4-2-5-13/h3,6-11,13H,2,4-5H2,1H3,(H,22,23). The molecular weight excluding hydrogens is 338 g/mol. The van der Waals surface area contributed by atoms with Crippen LogP contribution in [0.1, 0.15) is 24.8 Å². The Morgan fingerprint density at radius 1 is 1.15 bits per heavy atom. The number of nitrogens with one attached hydrogen (secondary N) is 1. The Bertz CT molecular complexity index is 904. The molecule has 0 aliphatic heterocycles. The highest BCUT2D eigenvalue weighted by atomic mass is 19.3. The van der Waals surface area contributed by atoms with Crippen LogP contribution in [-0.2, 0) is 5.92 Å². The largest absolute Gasteiger partial charge is 0.373 e. The lowest BCUT2D eigenvalue weighted by atomic mass is 9.78. The van der Waals surface area contributed by atoms with Crippen molar-refractivity contribution in [3.8, 4) is 22.8 Å². The average molecular weight is 356 g/mol. The molecule has 26 heavy (non-hydrogen) atoms. The lowest BCUT2D eigenvalue weighted by molar-refractivity contribution is -0.0942. The third-order valence-electron chi connectivity index (χ3n) is 4.85. The van der Waals surface area contributed by atoms with E-state index in [-0.39, 0.29) is 11.5 Å². The lowest BCUT2D eigenvalue weighted by Gasteiger charge is -2.33. The molecule has 5 nitrogen and oxygen atoms in total. The highest BCUT2D eigenvalue weighted by molar-refractivity contribution is 5.70. The maximum Gasteiger partial charge on any atom is 0.276 e. The highest BCUT2D eigenvalue weighted by Crippen LogP contribution is 2.46. The maximum absolute atomic E-state index is 14.4. The fraction of sp³-hybridized carbons (Fsp3) is 0.316. The summed E-state index contributed by atoms with van der Waals surface area (Å²) < 4.78 is 34.1. The van der Waals surface area contributed by atoms with E-state index in [1.165, 1.54) is 12.1 Å². The SMILES string of the molecule is CNc1ncccc1-c1noc(-c2ccc(C(F)(F)C3CCC3)cc2)n1. The molecule has 0 amide bonds. The summed E-state index contributed by atoms with van der Waals surface area (Å²) in [7, 11) is 1.76. The van der Waals surface area contributed by atoms with Crippen LogP contribution >= 0.6 is 0 Å². The first kappa shape index (κ1) is 16.6. The molecule has 0 spiro atoms. The molecule has 1 aliphatic carbocycles. The smallest absolute Gasteiger partial charge is 0.276 e. The number of alkyl halides is 2. The number of nitrogens with zero attached hydrogens (tertiary/aromatic N) is 3. The molecular formula is C19H18F2N4O. The summed E-state index contributed by atoms with van der Waals surface area (Å²) in [5, 5.41) is 6.95. The van der Waals surface area contributed by atoms with Crippen molar-refractivity contribution >= 4 is 5.82 Å². The van der Waals surface area contributed by atoms with Gasteiger partial charge in [-0.1, -0.05) is 23.7 Å². The third kappa shape index (κ3) is 2.83. The molecule has 0 saturated heterocycles. The molecule has 1 saturated carbocycles. The second-order valence-corrected chi connectivity index (χ2v) is 6.40. The summed E-state index contributed by atoms with van der Waals surface area (Å²) in [6.07, 6.45) is 3.71. The highest BCUT2D eigenvalue weighted by Gasteiger charge is 2.44. The molecule has 0 unspecified atom stereocenters. The summed E-state index contributed by atoms with van der Waals surface area (Å²) in [6, 6.07) is 9.70. The van der Waals surface area contributed by atoms with Crippen molar-refractivity contribution < 1.29 is 13.3 Å². The molecule has 1 fully saturated rings. The first-order valence-electron chi connectivity index (χ1n) is 8.55. The minimum Gasteiger partial charge on any atom is -0.373 e. The number of pyridine rings is 1. The van der Waals surface area contributed by atoms with E-state index in [0.717, 1.165) is 6.42 Å². The van der Waals surface area contributed by atoms with Crippen LogP contribution in [0.3, 0.4) is 0 Å². The number of rotatable bonds is 5. The van der Waals surface area contributed by atoms with Gasteiger partial charge >= 0.3 is 0 Å². The number of anilines is 1. The van der Waals surface area contributed by atoms with E-state index >= 15 is 0 Å². The van der Waals surface area contributed by atoms with Gasteiger partial charge in [-0.3, -0.25) is 0 Å². The molecule has 1 aromatic carbocycles. The van der Waals surface area contributed by atoms with Crippen LogP contribution in [0.25, 0.3) is 22.8 Å². The number of halogens is 2. The zero-order valence-corrected chi connectivity index (χ0v) is 14.2. The molecule has 0 bridgehead atoms. The topological polar surface area (TPSA) is 63.8 Å². The van der Waals surface area contributed by atoms with Crippen LogP contribution < -0.4 is 5.32 Å². The molecule has 134 valence electrons. The predicted octanol–water partition coefficient (Wildman–Crippen LogP) is 4.73. The third-order valence-corrected chi connectivity index (χ3v) is 4.85. The molecule has 3 aromatic rings. The van der Waals surface area contributed by atoms with Gasteiger partial charge in [0.15, 0.2) is 0 Å². The molecule has 0 atom stereocenters. The van der Waals surface area contributed by atoms with Gasteiger partial charge in [0.05, 0.1) is 5.56 Å². The van der Waals surface area contributed by atoms with Crippen molar-refractivity contribution in [3.63, 3.8) is 0 Å². The van der Waals surface area contributed by atoms with Gasteiger partial charge in [0.1, 0.15) is 5.82 Å². The molecule has 2 aromatic heterocycles. The van der Waals surface area contributed by atoms with Crippen molar-refractivity contribution in [2.75, 3.05) is 12.4 Å². The van der Waals surface area contributed by atoms with Crippen molar-refractivity contribution in [2.24, 2.45) is 5.92 Å². The monoisotopic (exact) mass is 356 g/mol. The summed E-state index contributed by atoms with van der Waals surface area (Å²) in [6.45, 7) is 0. The van der Waals surface area contributed by atoms with Gasteiger partial charge in [-0.05, 0) is 37.1 Å². The molecule has 1 N–H and O–H groups in total. The fourth-order valence-electron chi connectivity index (χ4n) is 3.08. The van der Waals surface area contributed by atoms with Gasteiger partial charge in [-0.25, -0.2) is 13.8 Å². The van der Waals surface area contributed by atoms with E-state index in [1.807, 2.05) is 6.07 Å². The van der Waals surface area contributed by atoms with Crippen LogP contribution in [0.4, 0.5) is 14.6 Å². The normalized spacial score (nSPS) is 14.9. The van der Waals surface area contributed by atoms with Crippen LogP contribution in [0.2, 0.25) is 0 Å². The van der Waals surface area contributed by atoms with Crippen LogP contribution in [-0.4, -0.2) is 22.2 Å². The van der Waals surface area contributed by atoms with Crippen molar-refractivity contribution in [3.05, 3.63) is 48.2 Å². The number of hydrogen-bond acceptors (Lipinski definition) is 5. The van der Waals surface area contributed by atoms with Gasteiger partial charge in [0.25, 0.3) is 11.8 Å². The first-order chi connectivity index (χ1) is 12.6. The Hall–Kier alpha value is -2.83. The van der Waals surface area contributed by atoms with Crippen LogP contribution in [0.15, 0.2) is 47.1 Å². The Kier molecular flexibility index (Phi) is 4.14. The zero-order valence-electron chi connectivity index (χ0n) is 14.2. The first-order valence-corrected chi connectivity index (χ1v) is 8.55. The van der Waals surface area contributed by atoms with E-state index in [4.69, 9.17) is 4.52 Å². The summed E-state index contributed by atoms with van der Waals surface area (Å²) in [5.74, 6) is -2.02. The Balaban J connectivity index is 1.60. The molecule has 0 radical (unpaired) electrons. The number of aromatic nitrogens is 3.